The first kappa shape index (κ1) is 25.4. The average molecular weight is 492 g/mol. The molecule has 2 aromatic rings. The molecule has 0 aliphatic carbocycles. The van der Waals surface area contributed by atoms with Gasteiger partial charge in [0.2, 0.25) is 0 Å². The molecule has 2 heterocycles. The standard InChI is InChI=1S/C18H18N2O3S.CHF3O3S/c1-9-14(10(2)21)15(16(17(19)20-9)18(22)23-3)12-8-24-13-7-5-4-6-11(12)13;2-1(3,4)8(5,6)7/h4-8,15,20H,19H2,1-3H3;(H,5,6,7). The predicted molar refractivity (Wildman–Crippen MR) is 112 cm³/mol. The summed E-state index contributed by atoms with van der Waals surface area (Å²) in [5.41, 5.74) is 2.90. The summed E-state index contributed by atoms with van der Waals surface area (Å²) in [6.07, 6.45) is 0. The van der Waals surface area contributed by atoms with Crippen molar-refractivity contribution >= 4 is 43.3 Å². The Morgan fingerprint density at radius 3 is 2.28 bits per heavy atom. The van der Waals surface area contributed by atoms with Crippen LogP contribution in [0.2, 0.25) is 0 Å². The van der Waals surface area contributed by atoms with Gasteiger partial charge in [-0.15, -0.1) is 11.3 Å². The number of fused-ring (bicyclic) bond motifs is 1. The highest BCUT2D eigenvalue weighted by Crippen LogP contribution is 2.42. The summed E-state index contributed by atoms with van der Waals surface area (Å²) in [4.78, 5) is 24.7. The van der Waals surface area contributed by atoms with Crippen LogP contribution in [0.1, 0.15) is 25.3 Å². The van der Waals surface area contributed by atoms with Crippen molar-refractivity contribution in [3.8, 4) is 0 Å². The number of allylic oxidation sites excluding steroid dienone is 2. The van der Waals surface area contributed by atoms with Gasteiger partial charge in [-0.1, -0.05) is 18.2 Å². The van der Waals surface area contributed by atoms with E-state index in [0.717, 1.165) is 15.6 Å². The van der Waals surface area contributed by atoms with Crippen molar-refractivity contribution in [1.29, 1.82) is 0 Å². The Labute approximate surface area is 185 Å². The van der Waals surface area contributed by atoms with Gasteiger partial charge >= 0.3 is 21.6 Å². The average Bonchev–Trinajstić information content (AvgIpc) is 3.09. The fraction of sp³-hybridized carbons (Fsp3) is 0.263. The van der Waals surface area contributed by atoms with Gasteiger partial charge in [-0.2, -0.15) is 21.6 Å². The number of dihydropyridines is 1. The maximum atomic E-state index is 12.4. The molecular weight excluding hydrogens is 473 g/mol. The molecule has 13 heteroatoms. The fourth-order valence-electron chi connectivity index (χ4n) is 3.19. The number of esters is 1. The van der Waals surface area contributed by atoms with Crippen molar-refractivity contribution in [2.75, 3.05) is 7.11 Å². The van der Waals surface area contributed by atoms with Crippen LogP contribution >= 0.6 is 11.3 Å². The van der Waals surface area contributed by atoms with Gasteiger partial charge < -0.3 is 15.8 Å². The van der Waals surface area contributed by atoms with E-state index in [-0.39, 0.29) is 17.2 Å². The SMILES string of the molecule is COC(=O)C1=C(N)NC(C)=C(C(C)=O)C1c1csc2ccccc12.O=S(=O)(O)C(F)(F)F. The lowest BCUT2D eigenvalue weighted by molar-refractivity contribution is -0.136. The molecule has 1 aromatic carbocycles. The topological polar surface area (TPSA) is 136 Å². The number of benzene rings is 1. The predicted octanol–water partition coefficient (Wildman–Crippen LogP) is 3.19. The van der Waals surface area contributed by atoms with Crippen molar-refractivity contribution in [1.82, 2.24) is 5.32 Å². The third-order valence-corrected chi connectivity index (χ3v) is 6.06. The molecular formula is C19H19F3N2O6S2. The Kier molecular flexibility index (Phi) is 7.37. The highest BCUT2D eigenvalue weighted by molar-refractivity contribution is 7.86. The van der Waals surface area contributed by atoms with Gasteiger partial charge in [0.25, 0.3) is 0 Å². The monoisotopic (exact) mass is 492 g/mol. The van der Waals surface area contributed by atoms with E-state index in [4.69, 9.17) is 23.4 Å². The minimum absolute atomic E-state index is 0.103. The number of Topliss-reactive ketones (excluding diaryl/α,β-unsaturated/α-hetero) is 1. The van der Waals surface area contributed by atoms with Crippen molar-refractivity contribution in [2.45, 2.75) is 25.3 Å². The quantitative estimate of drug-likeness (QED) is 0.338. The molecule has 1 aromatic heterocycles. The van der Waals surface area contributed by atoms with Gasteiger partial charge in [-0.3, -0.25) is 9.35 Å². The van der Waals surface area contributed by atoms with Crippen molar-refractivity contribution in [2.24, 2.45) is 5.73 Å². The number of nitrogens with two attached hydrogens (primary N) is 1. The third-order valence-electron chi connectivity index (χ3n) is 4.49. The summed E-state index contributed by atoms with van der Waals surface area (Å²) in [5.74, 6) is -0.947. The van der Waals surface area contributed by atoms with Gasteiger partial charge in [0.15, 0.2) is 5.78 Å². The van der Waals surface area contributed by atoms with Crippen LogP contribution in [0.3, 0.4) is 0 Å². The molecule has 0 saturated heterocycles. The summed E-state index contributed by atoms with van der Waals surface area (Å²) in [6, 6.07) is 7.90. The summed E-state index contributed by atoms with van der Waals surface area (Å²) < 4.78 is 63.6. The number of nitrogens with one attached hydrogen (secondary N) is 1. The molecule has 0 radical (unpaired) electrons. The van der Waals surface area contributed by atoms with Gasteiger partial charge in [-0.05, 0) is 36.2 Å². The van der Waals surface area contributed by atoms with Crippen molar-refractivity contribution in [3.63, 3.8) is 0 Å². The van der Waals surface area contributed by atoms with E-state index in [2.05, 4.69) is 5.32 Å². The van der Waals surface area contributed by atoms with Crippen LogP contribution in [0.25, 0.3) is 10.1 Å². The molecule has 8 nitrogen and oxygen atoms in total. The van der Waals surface area contributed by atoms with E-state index in [9.17, 15) is 22.8 Å². The summed E-state index contributed by atoms with van der Waals surface area (Å²) in [5, 5.41) is 5.92. The van der Waals surface area contributed by atoms with Gasteiger partial charge in [0.05, 0.1) is 18.6 Å². The molecule has 174 valence electrons. The molecule has 0 spiro atoms. The second kappa shape index (κ2) is 9.30. The maximum Gasteiger partial charge on any atom is 0.522 e. The number of hydrogen-bond acceptors (Lipinski definition) is 8. The van der Waals surface area contributed by atoms with Crippen LogP contribution in [0.4, 0.5) is 13.2 Å². The largest absolute Gasteiger partial charge is 0.522 e. The zero-order chi connectivity index (χ0) is 24.4. The molecule has 1 aliphatic heterocycles. The van der Waals surface area contributed by atoms with Crippen LogP contribution < -0.4 is 11.1 Å². The maximum absolute atomic E-state index is 12.4. The van der Waals surface area contributed by atoms with Crippen LogP contribution in [0, 0.1) is 0 Å². The Hall–Kier alpha value is -2.90. The van der Waals surface area contributed by atoms with Crippen LogP contribution in [0.15, 0.2) is 52.3 Å². The number of thiophene rings is 1. The minimum atomic E-state index is -5.84. The van der Waals surface area contributed by atoms with E-state index in [1.165, 1.54) is 14.0 Å². The Morgan fingerprint density at radius 2 is 1.78 bits per heavy atom. The molecule has 0 amide bonds. The summed E-state index contributed by atoms with van der Waals surface area (Å²) in [6.45, 7) is 3.29. The fourth-order valence-corrected chi connectivity index (χ4v) is 4.18. The van der Waals surface area contributed by atoms with Crippen LogP contribution in [-0.2, 0) is 24.4 Å². The molecule has 0 fully saturated rings. The second-order valence-corrected chi connectivity index (χ2v) is 8.90. The number of ether oxygens (including phenoxy) is 1. The second-order valence-electron chi connectivity index (χ2n) is 6.58. The van der Waals surface area contributed by atoms with E-state index in [1.54, 1.807) is 18.3 Å². The molecule has 0 bridgehead atoms. The van der Waals surface area contributed by atoms with E-state index in [1.807, 2.05) is 29.6 Å². The highest BCUT2D eigenvalue weighted by atomic mass is 32.2. The number of halogens is 3. The Bertz CT molecular complexity index is 1230. The molecule has 1 unspecified atom stereocenters. The number of rotatable bonds is 3. The summed E-state index contributed by atoms with van der Waals surface area (Å²) >= 11 is 1.58. The number of carbonyl (C=O) groups is 2. The van der Waals surface area contributed by atoms with Crippen LogP contribution in [-0.4, -0.2) is 37.3 Å². The molecule has 3 rings (SSSR count). The van der Waals surface area contributed by atoms with Crippen molar-refractivity contribution in [3.05, 3.63) is 57.9 Å². The van der Waals surface area contributed by atoms with Gasteiger partial charge in [0.1, 0.15) is 5.82 Å². The first-order chi connectivity index (χ1) is 14.7. The van der Waals surface area contributed by atoms with E-state index >= 15 is 0 Å². The highest BCUT2D eigenvalue weighted by Gasteiger charge is 2.44. The lowest BCUT2D eigenvalue weighted by Crippen LogP contribution is -2.35. The molecule has 1 aliphatic rings. The third kappa shape index (κ3) is 5.11. The molecule has 32 heavy (non-hydrogen) atoms. The number of carbonyl (C=O) groups excluding carboxylic acids is 2. The zero-order valence-corrected chi connectivity index (χ0v) is 18.6. The van der Waals surface area contributed by atoms with Crippen molar-refractivity contribution < 1.29 is 40.5 Å². The first-order valence-corrected chi connectivity index (χ1v) is 11.1. The van der Waals surface area contributed by atoms with E-state index in [0.29, 0.717) is 11.3 Å². The number of alkyl halides is 3. The lowest BCUT2D eigenvalue weighted by atomic mass is 9.80. The number of methoxy groups -OCH3 is 1. The molecule has 1 atom stereocenters. The summed E-state index contributed by atoms with van der Waals surface area (Å²) in [7, 11) is -4.53. The van der Waals surface area contributed by atoms with E-state index < -0.39 is 27.5 Å². The zero-order valence-electron chi connectivity index (χ0n) is 17.0. The molecule has 4 N–H and O–H groups in total. The number of hydrogen-bond donors (Lipinski definition) is 3. The van der Waals surface area contributed by atoms with Gasteiger partial charge in [0, 0.05) is 16.0 Å². The van der Waals surface area contributed by atoms with Gasteiger partial charge in [-0.25, -0.2) is 4.79 Å². The minimum Gasteiger partial charge on any atom is -0.466 e. The Balaban J connectivity index is 0.000000390. The first-order valence-electron chi connectivity index (χ1n) is 8.77. The Morgan fingerprint density at radius 1 is 1.22 bits per heavy atom. The smallest absolute Gasteiger partial charge is 0.466 e. The lowest BCUT2D eigenvalue weighted by Gasteiger charge is -2.29. The number of ketones is 1. The normalized spacial score (nSPS) is 16.9. The molecule has 0 saturated carbocycles. The van der Waals surface area contributed by atoms with Crippen LogP contribution in [0.5, 0.6) is 0 Å².